The summed E-state index contributed by atoms with van der Waals surface area (Å²) in [4.78, 5) is 11.3. The third kappa shape index (κ3) is 4.94. The summed E-state index contributed by atoms with van der Waals surface area (Å²) in [5.74, 6) is -0.759. The molecule has 0 radical (unpaired) electrons. The highest BCUT2D eigenvalue weighted by Gasteiger charge is 2.09. The molecule has 1 aromatic carbocycles. The van der Waals surface area contributed by atoms with Crippen LogP contribution in [0.5, 0.6) is 5.75 Å². The van der Waals surface area contributed by atoms with Crippen LogP contribution in [0.3, 0.4) is 0 Å². The van der Waals surface area contributed by atoms with E-state index < -0.39 is 11.9 Å². The number of hydrogen-bond donors (Lipinski definition) is 2. The number of carbonyl (C=O) groups excluding carboxylic acids is 1. The van der Waals surface area contributed by atoms with Gasteiger partial charge in [-0.25, -0.2) is 4.39 Å². The summed E-state index contributed by atoms with van der Waals surface area (Å²) in [5, 5.41) is 20.0. The molecule has 2 N–H and O–H groups in total. The van der Waals surface area contributed by atoms with Gasteiger partial charge in [0.05, 0.1) is 18.6 Å². The zero-order valence-corrected chi connectivity index (χ0v) is 10.5. The molecular weight excluding hydrogens is 251 g/mol. The Morgan fingerprint density at radius 3 is 2.95 bits per heavy atom. The summed E-state index contributed by atoms with van der Waals surface area (Å²) in [5.41, 5.74) is 0.172. The van der Waals surface area contributed by atoms with E-state index in [1.807, 2.05) is 6.07 Å². The summed E-state index contributed by atoms with van der Waals surface area (Å²) < 4.78 is 18.6. The first-order valence-corrected chi connectivity index (χ1v) is 5.78. The van der Waals surface area contributed by atoms with Gasteiger partial charge in [0, 0.05) is 18.2 Å². The fraction of sp³-hybridized carbons (Fsp3) is 0.385. The van der Waals surface area contributed by atoms with E-state index in [0.717, 1.165) is 6.07 Å². The number of aliphatic hydroxyl groups is 1. The van der Waals surface area contributed by atoms with E-state index in [0.29, 0.717) is 0 Å². The van der Waals surface area contributed by atoms with Gasteiger partial charge >= 0.3 is 0 Å². The van der Waals surface area contributed by atoms with Crippen molar-refractivity contribution in [2.75, 3.05) is 13.2 Å². The lowest BCUT2D eigenvalue weighted by atomic mass is 10.1. The Morgan fingerprint density at radius 1 is 1.63 bits per heavy atom. The highest BCUT2D eigenvalue weighted by atomic mass is 19.1. The maximum Gasteiger partial charge on any atom is 0.257 e. The van der Waals surface area contributed by atoms with Crippen molar-refractivity contribution in [3.05, 3.63) is 29.6 Å². The van der Waals surface area contributed by atoms with Gasteiger partial charge in [-0.2, -0.15) is 5.26 Å². The molecule has 0 unspecified atom stereocenters. The van der Waals surface area contributed by atoms with E-state index in [2.05, 4.69) is 5.32 Å². The van der Waals surface area contributed by atoms with Crippen LogP contribution in [-0.4, -0.2) is 24.2 Å². The monoisotopic (exact) mass is 266 g/mol. The number of ether oxygens (including phenoxy) is 1. The summed E-state index contributed by atoms with van der Waals surface area (Å²) >= 11 is 0. The number of benzene rings is 1. The summed E-state index contributed by atoms with van der Waals surface area (Å²) in [6.45, 7) is 1.47. The Morgan fingerprint density at radius 2 is 2.37 bits per heavy atom. The molecule has 19 heavy (non-hydrogen) atoms. The predicted octanol–water partition coefficient (Wildman–Crippen LogP) is 1.29. The molecule has 6 heteroatoms. The molecule has 0 bridgehead atoms. The SMILES string of the molecule is C[C@H](O)c1ccc(OCC(=O)NCCC#N)cc1F. The first-order chi connectivity index (χ1) is 9.04. The molecule has 0 fully saturated rings. The van der Waals surface area contributed by atoms with Gasteiger partial charge in [-0.1, -0.05) is 0 Å². The molecule has 0 heterocycles. The van der Waals surface area contributed by atoms with Gasteiger partial charge in [0.2, 0.25) is 0 Å². The number of amides is 1. The molecule has 1 atom stereocenters. The molecule has 1 aromatic rings. The lowest BCUT2D eigenvalue weighted by Gasteiger charge is -2.09. The van der Waals surface area contributed by atoms with Gasteiger partial charge < -0.3 is 15.2 Å². The minimum Gasteiger partial charge on any atom is -0.484 e. The predicted molar refractivity (Wildman–Crippen MR) is 65.8 cm³/mol. The van der Waals surface area contributed by atoms with Crippen molar-refractivity contribution in [1.82, 2.24) is 5.32 Å². The normalized spacial score (nSPS) is 11.5. The van der Waals surface area contributed by atoms with Gasteiger partial charge in [-0.3, -0.25) is 4.79 Å². The molecule has 0 aliphatic rings. The van der Waals surface area contributed by atoms with E-state index >= 15 is 0 Å². The molecule has 102 valence electrons. The number of rotatable bonds is 6. The van der Waals surface area contributed by atoms with Crippen LogP contribution in [0.4, 0.5) is 4.39 Å². The molecule has 0 aromatic heterocycles. The smallest absolute Gasteiger partial charge is 0.257 e. The Kier molecular flexibility index (Phi) is 5.76. The Hall–Kier alpha value is -2.13. The number of carbonyl (C=O) groups is 1. The van der Waals surface area contributed by atoms with E-state index in [9.17, 15) is 14.3 Å². The number of halogens is 1. The van der Waals surface area contributed by atoms with Gasteiger partial charge in [-0.05, 0) is 19.1 Å². The average Bonchev–Trinajstić information content (AvgIpc) is 2.36. The van der Waals surface area contributed by atoms with Crippen molar-refractivity contribution < 1.29 is 19.0 Å². The number of aliphatic hydroxyl groups excluding tert-OH is 1. The van der Waals surface area contributed by atoms with Crippen LogP contribution in [0.25, 0.3) is 0 Å². The van der Waals surface area contributed by atoms with Crippen LogP contribution in [0, 0.1) is 17.1 Å². The van der Waals surface area contributed by atoms with Crippen molar-refractivity contribution in [3.63, 3.8) is 0 Å². The van der Waals surface area contributed by atoms with Crippen molar-refractivity contribution in [2.24, 2.45) is 0 Å². The zero-order chi connectivity index (χ0) is 14.3. The van der Waals surface area contributed by atoms with Crippen molar-refractivity contribution in [3.8, 4) is 11.8 Å². The van der Waals surface area contributed by atoms with Crippen LogP contribution in [-0.2, 0) is 4.79 Å². The topological polar surface area (TPSA) is 82.3 Å². The lowest BCUT2D eigenvalue weighted by Crippen LogP contribution is -2.29. The number of hydrogen-bond acceptors (Lipinski definition) is 4. The Bertz CT molecular complexity index is 483. The number of nitrogens with zero attached hydrogens (tertiary/aromatic N) is 1. The molecule has 1 rings (SSSR count). The highest BCUT2D eigenvalue weighted by Crippen LogP contribution is 2.21. The van der Waals surface area contributed by atoms with Crippen molar-refractivity contribution in [2.45, 2.75) is 19.4 Å². The maximum atomic E-state index is 13.5. The van der Waals surface area contributed by atoms with E-state index in [1.54, 1.807) is 0 Å². The third-order valence-corrected chi connectivity index (χ3v) is 2.35. The first kappa shape index (κ1) is 14.9. The van der Waals surface area contributed by atoms with Crippen LogP contribution in [0.15, 0.2) is 18.2 Å². The second-order valence-electron chi connectivity index (χ2n) is 3.91. The molecule has 0 aliphatic heterocycles. The Balaban J connectivity index is 2.48. The van der Waals surface area contributed by atoms with Gasteiger partial charge in [-0.15, -0.1) is 0 Å². The van der Waals surface area contributed by atoms with Crippen molar-refractivity contribution >= 4 is 5.91 Å². The molecule has 0 spiro atoms. The third-order valence-electron chi connectivity index (χ3n) is 2.35. The van der Waals surface area contributed by atoms with E-state index in [4.69, 9.17) is 10.00 Å². The number of nitriles is 1. The van der Waals surface area contributed by atoms with Gasteiger partial charge in [0.25, 0.3) is 5.91 Å². The molecule has 0 saturated carbocycles. The molecule has 5 nitrogen and oxygen atoms in total. The maximum absolute atomic E-state index is 13.5. The Labute approximate surface area is 110 Å². The zero-order valence-electron chi connectivity index (χ0n) is 10.5. The standard InChI is InChI=1S/C13H15FN2O3/c1-9(17)11-4-3-10(7-12(11)14)19-8-13(18)16-6-2-5-15/h3-4,7,9,17H,2,6,8H2,1H3,(H,16,18)/t9-/m0/s1. The fourth-order valence-corrected chi connectivity index (χ4v) is 1.39. The lowest BCUT2D eigenvalue weighted by molar-refractivity contribution is -0.123. The van der Waals surface area contributed by atoms with Gasteiger partial charge in [0.15, 0.2) is 6.61 Å². The highest BCUT2D eigenvalue weighted by molar-refractivity contribution is 5.77. The summed E-state index contributed by atoms with van der Waals surface area (Å²) in [6, 6.07) is 5.89. The minimum absolute atomic E-state index is 0.172. The molecular formula is C13H15FN2O3. The van der Waals surface area contributed by atoms with Crippen LogP contribution in [0.2, 0.25) is 0 Å². The largest absolute Gasteiger partial charge is 0.484 e. The summed E-state index contributed by atoms with van der Waals surface area (Å²) in [7, 11) is 0. The second kappa shape index (κ2) is 7.34. The quantitative estimate of drug-likeness (QED) is 0.760. The number of nitrogens with one attached hydrogen (secondary N) is 1. The fourth-order valence-electron chi connectivity index (χ4n) is 1.39. The van der Waals surface area contributed by atoms with Gasteiger partial charge in [0.1, 0.15) is 11.6 Å². The van der Waals surface area contributed by atoms with E-state index in [1.165, 1.54) is 19.1 Å². The first-order valence-electron chi connectivity index (χ1n) is 5.78. The minimum atomic E-state index is -0.900. The van der Waals surface area contributed by atoms with Crippen LogP contribution < -0.4 is 10.1 Å². The molecule has 1 amide bonds. The van der Waals surface area contributed by atoms with Crippen LogP contribution >= 0.6 is 0 Å². The van der Waals surface area contributed by atoms with Crippen molar-refractivity contribution in [1.29, 1.82) is 5.26 Å². The average molecular weight is 266 g/mol. The molecule has 0 aliphatic carbocycles. The van der Waals surface area contributed by atoms with Crippen LogP contribution in [0.1, 0.15) is 25.0 Å². The van der Waals surface area contributed by atoms with E-state index in [-0.39, 0.29) is 36.8 Å². The second-order valence-corrected chi connectivity index (χ2v) is 3.91. The summed E-state index contributed by atoms with van der Waals surface area (Å²) in [6.07, 6.45) is -0.674. The molecule has 0 saturated heterocycles.